The van der Waals surface area contributed by atoms with Gasteiger partial charge in [0.25, 0.3) is 0 Å². The highest BCUT2D eigenvalue weighted by Gasteiger charge is 2.37. The fraction of sp³-hybridized carbons (Fsp3) is 0.556. The fourth-order valence-corrected chi connectivity index (χ4v) is 5.50. The number of aryl methyl sites for hydroxylation is 1. The summed E-state index contributed by atoms with van der Waals surface area (Å²) in [5.41, 5.74) is 0. The molecule has 9 heteroatoms. The van der Waals surface area contributed by atoms with E-state index in [2.05, 4.69) is 15.3 Å². The number of amides is 2. The number of hydrogen-bond donors (Lipinski definition) is 1. The van der Waals surface area contributed by atoms with Crippen LogP contribution in [0.5, 0.6) is 0 Å². The molecular weight excluding hydrogens is 382 g/mol. The van der Waals surface area contributed by atoms with Crippen molar-refractivity contribution in [3.63, 3.8) is 0 Å². The second-order valence-corrected chi connectivity index (χ2v) is 9.28. The molecule has 7 nitrogen and oxygen atoms in total. The molecule has 2 amide bonds. The van der Waals surface area contributed by atoms with Gasteiger partial charge >= 0.3 is 0 Å². The van der Waals surface area contributed by atoms with Gasteiger partial charge in [-0.15, -0.1) is 11.3 Å². The van der Waals surface area contributed by atoms with Crippen LogP contribution in [0.1, 0.15) is 32.1 Å². The summed E-state index contributed by atoms with van der Waals surface area (Å²) in [7, 11) is 2.01. The minimum Gasteiger partial charge on any atom is -0.353 e. The molecule has 1 aliphatic carbocycles. The highest BCUT2D eigenvalue weighted by Crippen LogP contribution is 2.33. The van der Waals surface area contributed by atoms with Crippen molar-refractivity contribution in [1.82, 2.24) is 19.9 Å². The predicted octanol–water partition coefficient (Wildman–Crippen LogP) is 2.45. The lowest BCUT2D eigenvalue weighted by Crippen LogP contribution is -2.42. The average Bonchev–Trinajstić information content (AvgIpc) is 3.39. The molecule has 1 saturated heterocycles. The number of nitrogens with zero attached hydrogens (tertiary/aromatic N) is 4. The molecule has 0 aromatic carbocycles. The minimum absolute atomic E-state index is 0.00242. The van der Waals surface area contributed by atoms with Gasteiger partial charge in [0.05, 0.1) is 5.92 Å². The zero-order valence-electron chi connectivity index (χ0n) is 15.2. The van der Waals surface area contributed by atoms with Crippen molar-refractivity contribution in [3.8, 4) is 0 Å². The van der Waals surface area contributed by atoms with Gasteiger partial charge < -0.3 is 9.88 Å². The van der Waals surface area contributed by atoms with E-state index in [9.17, 15) is 9.59 Å². The molecule has 2 aromatic rings. The van der Waals surface area contributed by atoms with Gasteiger partial charge in [-0.2, -0.15) is 0 Å². The number of carbonyl (C=O) groups is 2. The van der Waals surface area contributed by atoms with Gasteiger partial charge in [0, 0.05) is 55.3 Å². The number of rotatable bonds is 5. The Bertz CT molecular complexity index is 799. The molecule has 0 radical (unpaired) electrons. The Balaban J connectivity index is 1.25. The summed E-state index contributed by atoms with van der Waals surface area (Å²) < 4.78 is 2.05. The third-order valence-corrected chi connectivity index (χ3v) is 7.42. The van der Waals surface area contributed by atoms with E-state index in [1.165, 1.54) is 11.3 Å². The molecule has 3 heterocycles. The van der Waals surface area contributed by atoms with Gasteiger partial charge in [-0.1, -0.05) is 11.8 Å². The third-order valence-electron chi connectivity index (χ3n) is 5.22. The standard InChI is InChI=1S/C18H23N5O2S2/c1-22-8-6-19-17(22)27-14-4-2-13(3-5-14)21-16(25)12-10-15(24)23(11-12)18-20-7-9-26-18/h6-9,12-14H,2-5,10-11H2,1H3,(H,21,25). The molecule has 2 fully saturated rings. The Morgan fingerprint density at radius 1 is 1.26 bits per heavy atom. The molecule has 1 N–H and O–H groups in total. The van der Waals surface area contributed by atoms with Crippen molar-refractivity contribution < 1.29 is 9.59 Å². The number of hydrogen-bond acceptors (Lipinski definition) is 6. The first kappa shape index (κ1) is 18.5. The quantitative estimate of drug-likeness (QED) is 0.826. The van der Waals surface area contributed by atoms with Crippen molar-refractivity contribution in [3.05, 3.63) is 24.0 Å². The lowest BCUT2D eigenvalue weighted by Gasteiger charge is -2.29. The van der Waals surface area contributed by atoms with Crippen molar-refractivity contribution >= 4 is 40.0 Å². The predicted molar refractivity (Wildman–Crippen MR) is 106 cm³/mol. The van der Waals surface area contributed by atoms with Gasteiger partial charge in [0.2, 0.25) is 11.8 Å². The van der Waals surface area contributed by atoms with Gasteiger partial charge in [0.15, 0.2) is 10.3 Å². The molecule has 0 bridgehead atoms. The van der Waals surface area contributed by atoms with Crippen LogP contribution >= 0.6 is 23.1 Å². The summed E-state index contributed by atoms with van der Waals surface area (Å²) in [4.78, 5) is 35.0. The van der Waals surface area contributed by atoms with Crippen molar-refractivity contribution in [2.24, 2.45) is 13.0 Å². The zero-order chi connectivity index (χ0) is 18.8. The first-order chi connectivity index (χ1) is 13.1. The molecule has 27 heavy (non-hydrogen) atoms. The molecule has 4 rings (SSSR count). The van der Waals surface area contributed by atoms with Gasteiger partial charge in [0.1, 0.15) is 0 Å². The van der Waals surface area contributed by atoms with Crippen LogP contribution in [0.4, 0.5) is 5.13 Å². The topological polar surface area (TPSA) is 80.1 Å². The normalized spacial score (nSPS) is 25.7. The molecule has 2 aromatic heterocycles. The molecule has 1 aliphatic heterocycles. The molecule has 1 saturated carbocycles. The minimum atomic E-state index is -0.277. The van der Waals surface area contributed by atoms with Crippen LogP contribution in [-0.4, -0.2) is 44.2 Å². The Labute approximate surface area is 166 Å². The number of imidazole rings is 1. The molecule has 2 aliphatic rings. The Morgan fingerprint density at radius 2 is 2.07 bits per heavy atom. The lowest BCUT2D eigenvalue weighted by atomic mass is 9.94. The first-order valence-electron chi connectivity index (χ1n) is 9.24. The van der Waals surface area contributed by atoms with Crippen molar-refractivity contribution in [2.45, 2.75) is 48.6 Å². The van der Waals surface area contributed by atoms with E-state index in [4.69, 9.17) is 0 Å². The fourth-order valence-electron chi connectivity index (χ4n) is 3.68. The van der Waals surface area contributed by atoms with E-state index in [-0.39, 0.29) is 30.2 Å². The van der Waals surface area contributed by atoms with Gasteiger partial charge in [-0.25, -0.2) is 9.97 Å². The number of carbonyl (C=O) groups excluding carboxylic acids is 2. The van der Waals surface area contributed by atoms with Gasteiger partial charge in [-0.05, 0) is 25.7 Å². The number of thioether (sulfide) groups is 1. The van der Waals surface area contributed by atoms with Crippen LogP contribution in [0.25, 0.3) is 0 Å². The third kappa shape index (κ3) is 4.19. The summed E-state index contributed by atoms with van der Waals surface area (Å²) >= 11 is 3.25. The molecule has 1 atom stereocenters. The lowest BCUT2D eigenvalue weighted by molar-refractivity contribution is -0.127. The van der Waals surface area contributed by atoms with Crippen LogP contribution in [0.15, 0.2) is 29.1 Å². The van der Waals surface area contributed by atoms with Crippen molar-refractivity contribution in [2.75, 3.05) is 11.4 Å². The number of thiazole rings is 1. The van der Waals surface area contributed by atoms with Crippen LogP contribution in [0.3, 0.4) is 0 Å². The Kier molecular flexibility index (Phi) is 5.49. The Hall–Kier alpha value is -1.87. The monoisotopic (exact) mass is 405 g/mol. The maximum atomic E-state index is 12.6. The first-order valence-corrected chi connectivity index (χ1v) is 11.0. The van der Waals surface area contributed by atoms with E-state index < -0.39 is 0 Å². The molecule has 144 valence electrons. The molecule has 1 unspecified atom stereocenters. The van der Waals surface area contributed by atoms with Crippen molar-refractivity contribution in [1.29, 1.82) is 0 Å². The van der Waals surface area contributed by atoms with E-state index in [0.717, 1.165) is 30.8 Å². The SMILES string of the molecule is Cn1ccnc1SC1CCC(NC(=O)C2CC(=O)N(c3nccs3)C2)CC1. The average molecular weight is 406 g/mol. The van der Waals surface area contributed by atoms with E-state index in [0.29, 0.717) is 16.9 Å². The summed E-state index contributed by atoms with van der Waals surface area (Å²) in [5, 5.41) is 7.30. The number of nitrogens with one attached hydrogen (secondary N) is 1. The molecular formula is C18H23N5O2S2. The van der Waals surface area contributed by atoms with E-state index >= 15 is 0 Å². The summed E-state index contributed by atoms with van der Waals surface area (Å²) in [6.45, 7) is 0.433. The van der Waals surface area contributed by atoms with Crippen LogP contribution in [-0.2, 0) is 16.6 Å². The number of anilines is 1. The smallest absolute Gasteiger partial charge is 0.229 e. The van der Waals surface area contributed by atoms with Gasteiger partial charge in [-0.3, -0.25) is 14.5 Å². The summed E-state index contributed by atoms with van der Waals surface area (Å²) in [6, 6.07) is 0.208. The highest BCUT2D eigenvalue weighted by molar-refractivity contribution is 7.99. The number of aromatic nitrogens is 3. The van der Waals surface area contributed by atoms with E-state index in [1.54, 1.807) is 11.1 Å². The molecule has 0 spiro atoms. The second kappa shape index (κ2) is 8.02. The van der Waals surface area contributed by atoms with Crippen LogP contribution in [0.2, 0.25) is 0 Å². The largest absolute Gasteiger partial charge is 0.353 e. The zero-order valence-corrected chi connectivity index (χ0v) is 16.8. The Morgan fingerprint density at radius 3 is 2.74 bits per heavy atom. The second-order valence-electron chi connectivity index (χ2n) is 7.14. The van der Waals surface area contributed by atoms with Crippen LogP contribution in [0, 0.1) is 5.92 Å². The maximum absolute atomic E-state index is 12.6. The van der Waals surface area contributed by atoms with E-state index in [1.807, 2.05) is 41.2 Å². The summed E-state index contributed by atoms with van der Waals surface area (Å²) in [5.74, 6) is -0.288. The highest BCUT2D eigenvalue weighted by atomic mass is 32.2. The summed E-state index contributed by atoms with van der Waals surface area (Å²) in [6.07, 6.45) is 9.83. The van der Waals surface area contributed by atoms with Crippen LogP contribution < -0.4 is 10.2 Å². The maximum Gasteiger partial charge on any atom is 0.229 e.